The van der Waals surface area contributed by atoms with Gasteiger partial charge in [0, 0.05) is 0 Å². The highest BCUT2D eigenvalue weighted by Gasteiger charge is 2.30. The van der Waals surface area contributed by atoms with Gasteiger partial charge in [0.1, 0.15) is 0 Å². The first kappa shape index (κ1) is 16.5. The van der Waals surface area contributed by atoms with Gasteiger partial charge in [0.05, 0.1) is 5.56 Å². The van der Waals surface area contributed by atoms with E-state index in [0.29, 0.717) is 0 Å². The van der Waals surface area contributed by atoms with E-state index >= 15 is 0 Å². The third-order valence-corrected chi connectivity index (χ3v) is 5.44. The van der Waals surface area contributed by atoms with Gasteiger partial charge in [-0.15, -0.1) is 0 Å². The molecular weight excluding hydrogens is 364 g/mol. The molecule has 0 fully saturated rings. The Kier molecular flexibility index (Phi) is 6.89. The standard InChI is InChI=1S/C15H19F3I/c1-3-5-6-12(4-2)11-19-14-9-7-13(8-10-14)15(16,17)18/h7-11H,3-6H2,1-2H3/q+1/b12-11-. The number of benzene rings is 1. The van der Waals surface area contributed by atoms with E-state index in [1.165, 1.54) is 30.5 Å². The number of allylic oxidation sites excluding steroid dienone is 1. The van der Waals surface area contributed by atoms with Gasteiger partial charge in [0.2, 0.25) is 0 Å². The zero-order chi connectivity index (χ0) is 14.3. The van der Waals surface area contributed by atoms with Crippen LogP contribution in [0, 0.1) is 3.57 Å². The molecule has 0 nitrogen and oxygen atoms in total. The molecule has 0 saturated heterocycles. The van der Waals surface area contributed by atoms with Crippen molar-refractivity contribution in [1.82, 2.24) is 0 Å². The van der Waals surface area contributed by atoms with E-state index in [-0.39, 0.29) is 21.2 Å². The molecule has 0 unspecified atom stereocenters. The third kappa shape index (κ3) is 5.97. The number of hydrogen-bond acceptors (Lipinski definition) is 0. The molecule has 0 aliphatic carbocycles. The van der Waals surface area contributed by atoms with Crippen molar-refractivity contribution in [2.75, 3.05) is 0 Å². The van der Waals surface area contributed by atoms with Gasteiger partial charge >= 0.3 is 27.4 Å². The molecule has 0 heterocycles. The van der Waals surface area contributed by atoms with Crippen LogP contribution in [0.2, 0.25) is 0 Å². The molecule has 1 aromatic carbocycles. The summed E-state index contributed by atoms with van der Waals surface area (Å²) < 4.78 is 40.6. The zero-order valence-electron chi connectivity index (χ0n) is 11.2. The lowest BCUT2D eigenvalue weighted by Gasteiger charge is -2.04. The van der Waals surface area contributed by atoms with Crippen molar-refractivity contribution in [3.05, 3.63) is 43.1 Å². The van der Waals surface area contributed by atoms with E-state index in [1.807, 2.05) is 0 Å². The Morgan fingerprint density at radius 2 is 1.79 bits per heavy atom. The van der Waals surface area contributed by atoms with E-state index in [9.17, 15) is 13.2 Å². The maximum absolute atomic E-state index is 12.4. The van der Waals surface area contributed by atoms with Gasteiger partial charge in [-0.25, -0.2) is 0 Å². The molecule has 4 heteroatoms. The summed E-state index contributed by atoms with van der Waals surface area (Å²) in [6, 6.07) is 5.58. The Hall–Kier alpha value is -0.520. The van der Waals surface area contributed by atoms with E-state index in [0.717, 1.165) is 16.4 Å². The molecule has 0 radical (unpaired) electrons. The molecule has 0 aliphatic heterocycles. The van der Waals surface area contributed by atoms with Gasteiger partial charge in [-0.2, -0.15) is 13.2 Å². The van der Waals surface area contributed by atoms with Gasteiger partial charge < -0.3 is 0 Å². The summed E-state index contributed by atoms with van der Waals surface area (Å²) in [4.78, 5) is 0. The van der Waals surface area contributed by atoms with Gasteiger partial charge in [0.25, 0.3) is 0 Å². The number of alkyl halides is 3. The lowest BCUT2D eigenvalue weighted by atomic mass is 10.1. The Labute approximate surface area is 123 Å². The molecule has 0 bridgehead atoms. The van der Waals surface area contributed by atoms with Crippen molar-refractivity contribution in [2.24, 2.45) is 0 Å². The summed E-state index contributed by atoms with van der Waals surface area (Å²) in [6.45, 7) is 4.30. The minimum atomic E-state index is -4.23. The highest BCUT2D eigenvalue weighted by molar-refractivity contribution is 5.17. The smallest absolute Gasteiger partial charge is 0.166 e. The highest BCUT2D eigenvalue weighted by Crippen LogP contribution is 2.28. The van der Waals surface area contributed by atoms with Gasteiger partial charge in [-0.3, -0.25) is 0 Å². The summed E-state index contributed by atoms with van der Waals surface area (Å²) in [7, 11) is 0. The molecule has 1 rings (SSSR count). The predicted molar refractivity (Wildman–Crippen MR) is 68.0 cm³/mol. The number of unbranched alkanes of at least 4 members (excludes halogenated alkanes) is 1. The lowest BCUT2D eigenvalue weighted by Crippen LogP contribution is -3.59. The van der Waals surface area contributed by atoms with E-state index in [1.54, 1.807) is 12.1 Å². The summed E-state index contributed by atoms with van der Waals surface area (Å²) in [5.41, 5.74) is 0.875. The lowest BCUT2D eigenvalue weighted by molar-refractivity contribution is -0.557. The van der Waals surface area contributed by atoms with Crippen molar-refractivity contribution in [3.8, 4) is 0 Å². The van der Waals surface area contributed by atoms with Gasteiger partial charge in [0.15, 0.2) is 7.65 Å². The highest BCUT2D eigenvalue weighted by atomic mass is 127. The van der Waals surface area contributed by atoms with Crippen LogP contribution in [0.4, 0.5) is 13.2 Å². The largest absolute Gasteiger partial charge is 0.416 e. The maximum Gasteiger partial charge on any atom is 0.416 e. The molecule has 19 heavy (non-hydrogen) atoms. The Balaban J connectivity index is 2.64. The van der Waals surface area contributed by atoms with Crippen molar-refractivity contribution in [1.29, 1.82) is 0 Å². The fourth-order valence-electron chi connectivity index (χ4n) is 1.56. The molecule has 0 aliphatic rings. The van der Waals surface area contributed by atoms with Crippen LogP contribution in [-0.2, 0) is 6.18 Å². The average molecular weight is 383 g/mol. The van der Waals surface area contributed by atoms with Crippen molar-refractivity contribution >= 4 is 0 Å². The van der Waals surface area contributed by atoms with Crippen LogP contribution >= 0.6 is 0 Å². The molecule has 0 atom stereocenters. The van der Waals surface area contributed by atoms with E-state index in [2.05, 4.69) is 17.9 Å². The summed E-state index contributed by atoms with van der Waals surface area (Å²) >= 11 is -0.317. The second-order valence-corrected chi connectivity index (χ2v) is 6.83. The van der Waals surface area contributed by atoms with Crippen LogP contribution in [0.1, 0.15) is 45.1 Å². The van der Waals surface area contributed by atoms with Crippen LogP contribution in [-0.4, -0.2) is 0 Å². The van der Waals surface area contributed by atoms with Crippen LogP contribution < -0.4 is 21.2 Å². The Morgan fingerprint density at radius 3 is 2.26 bits per heavy atom. The molecule has 0 aromatic heterocycles. The summed E-state index contributed by atoms with van der Waals surface area (Å²) in [5.74, 6) is 0. The van der Waals surface area contributed by atoms with Crippen LogP contribution in [0.25, 0.3) is 0 Å². The molecule has 0 saturated carbocycles. The van der Waals surface area contributed by atoms with Gasteiger partial charge in [-0.05, 0) is 49.1 Å². The van der Waals surface area contributed by atoms with Gasteiger partial charge in [-0.1, -0.05) is 20.3 Å². The normalized spacial score (nSPS) is 12.8. The molecular formula is C15H19F3I+. The first-order valence-corrected chi connectivity index (χ1v) is 8.78. The molecule has 0 spiro atoms. The van der Waals surface area contributed by atoms with Crippen LogP contribution in [0.5, 0.6) is 0 Å². The fourth-order valence-corrected chi connectivity index (χ4v) is 3.89. The van der Waals surface area contributed by atoms with E-state index < -0.39 is 11.7 Å². The van der Waals surface area contributed by atoms with Crippen molar-refractivity contribution in [3.63, 3.8) is 0 Å². The molecule has 0 N–H and O–H groups in total. The number of hydrogen-bond donors (Lipinski definition) is 0. The predicted octanol–water partition coefficient (Wildman–Crippen LogP) is 2.45. The molecule has 0 amide bonds. The Morgan fingerprint density at radius 1 is 1.16 bits per heavy atom. The SMILES string of the molecule is CCCC/C(=C\[I+]c1ccc(C(F)(F)F)cc1)CC. The quantitative estimate of drug-likeness (QED) is 0.663. The van der Waals surface area contributed by atoms with E-state index in [4.69, 9.17) is 0 Å². The number of rotatable bonds is 6. The topological polar surface area (TPSA) is 0 Å². The monoisotopic (exact) mass is 383 g/mol. The maximum atomic E-state index is 12.4. The zero-order valence-corrected chi connectivity index (χ0v) is 13.4. The summed E-state index contributed by atoms with van der Waals surface area (Å²) in [5, 5.41) is 0. The molecule has 1 aromatic rings. The minimum Gasteiger partial charge on any atom is -0.166 e. The van der Waals surface area contributed by atoms with Crippen LogP contribution in [0.15, 0.2) is 33.9 Å². The Bertz CT molecular complexity index is 404. The second kappa shape index (κ2) is 7.92. The van der Waals surface area contributed by atoms with Crippen molar-refractivity contribution in [2.45, 2.75) is 45.7 Å². The third-order valence-electron chi connectivity index (χ3n) is 2.81. The summed E-state index contributed by atoms with van der Waals surface area (Å²) in [6.07, 6.45) is 0.294. The fraction of sp³-hybridized carbons (Fsp3) is 0.467. The number of halogens is 4. The minimum absolute atomic E-state index is 0.317. The molecule has 106 valence electrons. The second-order valence-electron chi connectivity index (χ2n) is 4.34. The first-order chi connectivity index (χ1) is 8.97. The average Bonchev–Trinajstić information content (AvgIpc) is 2.38. The van der Waals surface area contributed by atoms with Crippen LogP contribution in [0.3, 0.4) is 0 Å². The van der Waals surface area contributed by atoms with Crippen molar-refractivity contribution < 1.29 is 34.4 Å². The first-order valence-electron chi connectivity index (χ1n) is 6.46.